The smallest absolute Gasteiger partial charge is 0.213 e. The second-order valence-electron chi connectivity index (χ2n) is 5.26. The highest BCUT2D eigenvalue weighted by atomic mass is 32.1. The van der Waals surface area contributed by atoms with E-state index in [0.717, 1.165) is 5.56 Å². The molecule has 2 heterocycles. The summed E-state index contributed by atoms with van der Waals surface area (Å²) in [6.45, 7) is 0.495. The SMILES string of the molecule is OCCCn1c(-c2ccnc(F)c2)c(-c2ccc(F)cc2)[nH]c1=S. The molecule has 2 N–H and O–H groups in total. The molecule has 0 spiro atoms. The molecule has 0 aliphatic carbocycles. The van der Waals surface area contributed by atoms with Crippen molar-refractivity contribution in [1.82, 2.24) is 14.5 Å². The van der Waals surface area contributed by atoms with E-state index in [0.29, 0.717) is 34.7 Å². The van der Waals surface area contributed by atoms with Gasteiger partial charge < -0.3 is 14.7 Å². The Morgan fingerprint density at radius 1 is 1.12 bits per heavy atom. The molecule has 0 aliphatic rings. The van der Waals surface area contributed by atoms with E-state index in [9.17, 15) is 8.78 Å². The molecule has 0 unspecified atom stereocenters. The molecule has 0 aliphatic heterocycles. The highest BCUT2D eigenvalue weighted by Crippen LogP contribution is 2.32. The number of nitrogens with one attached hydrogen (secondary N) is 1. The van der Waals surface area contributed by atoms with E-state index in [-0.39, 0.29) is 12.4 Å². The van der Waals surface area contributed by atoms with E-state index < -0.39 is 5.95 Å². The van der Waals surface area contributed by atoms with Crippen LogP contribution in [0, 0.1) is 16.5 Å². The van der Waals surface area contributed by atoms with Crippen molar-refractivity contribution in [2.24, 2.45) is 0 Å². The van der Waals surface area contributed by atoms with Crippen LogP contribution in [0.2, 0.25) is 0 Å². The summed E-state index contributed by atoms with van der Waals surface area (Å²) in [5, 5.41) is 9.11. The van der Waals surface area contributed by atoms with Crippen LogP contribution in [-0.2, 0) is 6.54 Å². The quantitative estimate of drug-likeness (QED) is 0.543. The molecule has 1 aromatic carbocycles. The minimum absolute atomic E-state index is 0.0168. The maximum atomic E-state index is 13.6. The molecule has 0 bridgehead atoms. The molecule has 24 heavy (non-hydrogen) atoms. The van der Waals surface area contributed by atoms with Gasteiger partial charge in [0.05, 0.1) is 11.4 Å². The van der Waals surface area contributed by atoms with E-state index in [1.54, 1.807) is 22.8 Å². The van der Waals surface area contributed by atoms with Crippen molar-refractivity contribution < 1.29 is 13.9 Å². The maximum Gasteiger partial charge on any atom is 0.213 e. The zero-order valence-electron chi connectivity index (χ0n) is 12.7. The first-order valence-corrected chi connectivity index (χ1v) is 7.82. The number of aliphatic hydroxyl groups excluding tert-OH is 1. The molecule has 3 rings (SSSR count). The number of hydrogen-bond donors (Lipinski definition) is 2. The first-order valence-electron chi connectivity index (χ1n) is 7.41. The van der Waals surface area contributed by atoms with Gasteiger partial charge in [-0.1, -0.05) is 0 Å². The highest BCUT2D eigenvalue weighted by Gasteiger charge is 2.16. The fourth-order valence-electron chi connectivity index (χ4n) is 2.59. The number of pyridine rings is 1. The Balaban J connectivity index is 2.22. The fraction of sp³-hybridized carbons (Fsp3) is 0.176. The van der Waals surface area contributed by atoms with Crippen molar-refractivity contribution in [3.8, 4) is 22.5 Å². The maximum absolute atomic E-state index is 13.6. The lowest BCUT2D eigenvalue weighted by molar-refractivity contribution is 0.280. The molecular weight excluding hydrogens is 332 g/mol. The van der Waals surface area contributed by atoms with Gasteiger partial charge in [0.15, 0.2) is 4.77 Å². The number of aromatic amines is 1. The molecule has 3 aromatic rings. The van der Waals surface area contributed by atoms with E-state index in [2.05, 4.69) is 9.97 Å². The van der Waals surface area contributed by atoms with Crippen molar-refractivity contribution in [3.63, 3.8) is 0 Å². The van der Waals surface area contributed by atoms with E-state index in [1.807, 2.05) is 0 Å². The summed E-state index contributed by atoms with van der Waals surface area (Å²) in [5.41, 5.74) is 2.69. The van der Waals surface area contributed by atoms with Crippen molar-refractivity contribution in [1.29, 1.82) is 0 Å². The first-order chi connectivity index (χ1) is 11.6. The summed E-state index contributed by atoms with van der Waals surface area (Å²) >= 11 is 5.37. The predicted molar refractivity (Wildman–Crippen MR) is 89.9 cm³/mol. The monoisotopic (exact) mass is 347 g/mol. The normalized spacial score (nSPS) is 11.0. The van der Waals surface area contributed by atoms with Gasteiger partial charge in [0.25, 0.3) is 0 Å². The van der Waals surface area contributed by atoms with Gasteiger partial charge in [0.2, 0.25) is 5.95 Å². The number of rotatable bonds is 5. The molecular formula is C17H15F2N3OS. The molecule has 0 saturated heterocycles. The molecule has 4 nitrogen and oxygen atoms in total. The number of aliphatic hydroxyl groups is 1. The number of aromatic nitrogens is 3. The average Bonchev–Trinajstić information content (AvgIpc) is 2.90. The van der Waals surface area contributed by atoms with Crippen LogP contribution in [0.15, 0.2) is 42.6 Å². The van der Waals surface area contributed by atoms with Crippen LogP contribution >= 0.6 is 12.2 Å². The van der Waals surface area contributed by atoms with Crippen LogP contribution in [0.4, 0.5) is 8.78 Å². The Morgan fingerprint density at radius 2 is 1.88 bits per heavy atom. The van der Waals surface area contributed by atoms with Gasteiger partial charge in [-0.2, -0.15) is 4.39 Å². The van der Waals surface area contributed by atoms with Gasteiger partial charge in [-0.25, -0.2) is 9.37 Å². The largest absolute Gasteiger partial charge is 0.396 e. The topological polar surface area (TPSA) is 53.8 Å². The van der Waals surface area contributed by atoms with Crippen LogP contribution < -0.4 is 0 Å². The lowest BCUT2D eigenvalue weighted by Gasteiger charge is -2.10. The number of imidazole rings is 1. The third-order valence-corrected chi connectivity index (χ3v) is 3.98. The number of H-pyrrole nitrogens is 1. The van der Waals surface area contributed by atoms with Crippen LogP contribution in [0.25, 0.3) is 22.5 Å². The third-order valence-electron chi connectivity index (χ3n) is 3.66. The molecule has 7 heteroatoms. The second kappa shape index (κ2) is 7.02. The van der Waals surface area contributed by atoms with Gasteiger partial charge >= 0.3 is 0 Å². The Labute approximate surface area is 142 Å². The minimum Gasteiger partial charge on any atom is -0.396 e. The lowest BCUT2D eigenvalue weighted by Crippen LogP contribution is -2.03. The van der Waals surface area contributed by atoms with Crippen LogP contribution in [-0.4, -0.2) is 26.2 Å². The number of halogens is 2. The van der Waals surface area contributed by atoms with Crippen molar-refractivity contribution in [2.75, 3.05) is 6.61 Å². The predicted octanol–water partition coefficient (Wildman–Crippen LogP) is 3.94. The Hall–Kier alpha value is -2.38. The fourth-order valence-corrected chi connectivity index (χ4v) is 2.87. The van der Waals surface area contributed by atoms with Gasteiger partial charge in [0, 0.05) is 36.5 Å². The summed E-state index contributed by atoms with van der Waals surface area (Å²) in [7, 11) is 0. The molecule has 0 amide bonds. The third kappa shape index (κ3) is 3.27. The van der Waals surface area contributed by atoms with E-state index in [1.165, 1.54) is 24.4 Å². The molecule has 2 aromatic heterocycles. The summed E-state index contributed by atoms with van der Waals surface area (Å²) in [6.07, 6.45) is 1.89. The first kappa shape index (κ1) is 16.5. The standard InChI is InChI=1S/C17H15F2N3OS/c18-13-4-2-11(3-5-13)15-16(12-6-7-20-14(19)10-12)22(8-1-9-23)17(24)21-15/h2-7,10,23H,1,8-9H2,(H,21,24). The Kier molecular flexibility index (Phi) is 4.82. The minimum atomic E-state index is -0.599. The van der Waals surface area contributed by atoms with Gasteiger partial charge in [-0.3, -0.25) is 0 Å². The van der Waals surface area contributed by atoms with Crippen LogP contribution in [0.5, 0.6) is 0 Å². The summed E-state index contributed by atoms with van der Waals surface area (Å²) in [6, 6.07) is 8.98. The second-order valence-corrected chi connectivity index (χ2v) is 5.64. The molecule has 0 fully saturated rings. The Morgan fingerprint density at radius 3 is 2.54 bits per heavy atom. The van der Waals surface area contributed by atoms with E-state index >= 15 is 0 Å². The van der Waals surface area contributed by atoms with Gasteiger partial charge in [-0.15, -0.1) is 0 Å². The van der Waals surface area contributed by atoms with Gasteiger partial charge in [0.1, 0.15) is 5.82 Å². The molecule has 0 saturated carbocycles. The van der Waals surface area contributed by atoms with Crippen molar-refractivity contribution in [3.05, 3.63) is 59.1 Å². The molecule has 0 atom stereocenters. The Bertz CT molecular complexity index is 903. The van der Waals surface area contributed by atoms with Crippen molar-refractivity contribution in [2.45, 2.75) is 13.0 Å². The zero-order chi connectivity index (χ0) is 17.1. The average molecular weight is 347 g/mol. The number of hydrogen-bond acceptors (Lipinski definition) is 3. The van der Waals surface area contributed by atoms with Gasteiger partial charge in [-0.05, 0) is 49.0 Å². The zero-order valence-corrected chi connectivity index (χ0v) is 13.5. The number of benzene rings is 1. The summed E-state index contributed by atoms with van der Waals surface area (Å²) < 4.78 is 29.1. The van der Waals surface area contributed by atoms with Crippen LogP contribution in [0.1, 0.15) is 6.42 Å². The number of nitrogens with zero attached hydrogens (tertiary/aromatic N) is 2. The van der Waals surface area contributed by atoms with Crippen LogP contribution in [0.3, 0.4) is 0 Å². The van der Waals surface area contributed by atoms with Crippen molar-refractivity contribution >= 4 is 12.2 Å². The molecule has 124 valence electrons. The molecule has 0 radical (unpaired) electrons. The summed E-state index contributed by atoms with van der Waals surface area (Å²) in [4.78, 5) is 6.68. The highest BCUT2D eigenvalue weighted by molar-refractivity contribution is 7.71. The van der Waals surface area contributed by atoms with E-state index in [4.69, 9.17) is 17.3 Å². The summed E-state index contributed by atoms with van der Waals surface area (Å²) in [5.74, 6) is -0.938. The lowest BCUT2D eigenvalue weighted by atomic mass is 10.1.